The second-order valence-corrected chi connectivity index (χ2v) is 6.67. The third kappa shape index (κ3) is 18.3. The normalized spacial score (nSPS) is 23.4. The lowest BCUT2D eigenvalue weighted by atomic mass is 10.1. The van der Waals surface area contributed by atoms with E-state index in [0.29, 0.717) is 0 Å². The van der Waals surface area contributed by atoms with Crippen molar-refractivity contribution in [1.82, 2.24) is 26.6 Å². The van der Waals surface area contributed by atoms with Crippen molar-refractivity contribution in [2.75, 3.05) is 78.7 Å². The highest BCUT2D eigenvalue weighted by Gasteiger charge is 1.93. The molecule has 153 valence electrons. The summed E-state index contributed by atoms with van der Waals surface area (Å²) in [4.78, 5) is 0. The van der Waals surface area contributed by atoms with Crippen LogP contribution in [0.2, 0.25) is 0 Å². The molecular weight excluding hydrogens is 326 g/mol. The number of hydrogen-bond acceptors (Lipinski definition) is 6. The first kappa shape index (κ1) is 23.5. The van der Waals surface area contributed by atoms with Crippen LogP contribution in [0.5, 0.6) is 0 Å². The summed E-state index contributed by atoms with van der Waals surface area (Å²) in [6.07, 6.45) is 12.9. The molecule has 0 fully saturated rings. The van der Waals surface area contributed by atoms with Gasteiger partial charge in [0.15, 0.2) is 0 Å². The van der Waals surface area contributed by atoms with Crippen LogP contribution >= 0.6 is 0 Å². The summed E-state index contributed by atoms with van der Waals surface area (Å²) in [5.41, 5.74) is 0. The minimum Gasteiger partial charge on any atom is -0.376 e. The molecule has 0 bridgehead atoms. The van der Waals surface area contributed by atoms with Crippen LogP contribution < -0.4 is 26.6 Å². The third-order valence-electron chi connectivity index (χ3n) is 4.28. The largest absolute Gasteiger partial charge is 0.376 e. The van der Waals surface area contributed by atoms with Gasteiger partial charge in [0.25, 0.3) is 0 Å². The summed E-state index contributed by atoms with van der Waals surface area (Å²) < 4.78 is 5.59. The Morgan fingerprint density at radius 2 is 1.12 bits per heavy atom. The Labute approximate surface area is 161 Å². The molecule has 1 aliphatic rings. The zero-order chi connectivity index (χ0) is 18.4. The van der Waals surface area contributed by atoms with E-state index in [4.69, 9.17) is 4.74 Å². The van der Waals surface area contributed by atoms with Gasteiger partial charge in [-0.2, -0.15) is 0 Å². The van der Waals surface area contributed by atoms with Crippen molar-refractivity contribution in [2.24, 2.45) is 0 Å². The summed E-state index contributed by atoms with van der Waals surface area (Å²) in [5.74, 6) is 0. The molecule has 0 aromatic rings. The number of allylic oxidation sites excluding steroid dienone is 1. The number of nitrogens with one attached hydrogen (secondary N) is 5. The molecular formula is C20H42N5O. The highest BCUT2D eigenvalue weighted by Crippen LogP contribution is 2.04. The van der Waals surface area contributed by atoms with Crippen molar-refractivity contribution in [3.05, 3.63) is 18.6 Å². The monoisotopic (exact) mass is 368 g/mol. The second-order valence-electron chi connectivity index (χ2n) is 6.67. The molecule has 5 N–H and O–H groups in total. The third-order valence-corrected chi connectivity index (χ3v) is 4.28. The van der Waals surface area contributed by atoms with E-state index < -0.39 is 0 Å². The summed E-state index contributed by atoms with van der Waals surface area (Å²) in [6.45, 7) is 11.8. The molecule has 0 atom stereocenters. The average Bonchev–Trinajstić information content (AvgIpc) is 2.65. The first-order valence-corrected chi connectivity index (χ1v) is 10.6. The van der Waals surface area contributed by atoms with Gasteiger partial charge in [0.2, 0.25) is 0 Å². The van der Waals surface area contributed by atoms with Gasteiger partial charge in [0.1, 0.15) is 0 Å². The summed E-state index contributed by atoms with van der Waals surface area (Å²) in [5, 5.41) is 17.3. The molecule has 0 spiro atoms. The Hall–Kier alpha value is -0.500. The van der Waals surface area contributed by atoms with Crippen LogP contribution in [-0.2, 0) is 4.74 Å². The molecule has 1 aliphatic heterocycles. The Kier molecular flexibility index (Phi) is 18.8. The van der Waals surface area contributed by atoms with Gasteiger partial charge in [-0.3, -0.25) is 0 Å². The highest BCUT2D eigenvalue weighted by atomic mass is 16.5. The Morgan fingerprint density at radius 3 is 1.77 bits per heavy atom. The first-order chi connectivity index (χ1) is 13.0. The van der Waals surface area contributed by atoms with Crippen molar-refractivity contribution in [3.63, 3.8) is 0 Å². The highest BCUT2D eigenvalue weighted by molar-refractivity contribution is 4.86. The molecule has 0 saturated carbocycles. The van der Waals surface area contributed by atoms with Crippen LogP contribution in [0.1, 0.15) is 32.1 Å². The number of ether oxygens (including phenoxy) is 1. The van der Waals surface area contributed by atoms with Crippen LogP contribution in [-0.4, -0.2) is 78.7 Å². The van der Waals surface area contributed by atoms with Gasteiger partial charge in [-0.25, -0.2) is 0 Å². The molecule has 0 unspecified atom stereocenters. The van der Waals surface area contributed by atoms with Crippen molar-refractivity contribution >= 4 is 0 Å². The Morgan fingerprint density at radius 1 is 0.538 bits per heavy atom. The van der Waals surface area contributed by atoms with Gasteiger partial charge in [-0.05, 0) is 32.2 Å². The topological polar surface area (TPSA) is 69.4 Å². The zero-order valence-electron chi connectivity index (χ0n) is 16.7. The van der Waals surface area contributed by atoms with Crippen LogP contribution in [0.4, 0.5) is 0 Å². The molecule has 1 rings (SSSR count). The molecule has 1 heterocycles. The molecule has 0 saturated heterocycles. The second kappa shape index (κ2) is 20.8. The fourth-order valence-corrected chi connectivity index (χ4v) is 2.72. The lowest BCUT2D eigenvalue weighted by Gasteiger charge is -2.09. The lowest BCUT2D eigenvalue weighted by Crippen LogP contribution is -2.36. The summed E-state index contributed by atoms with van der Waals surface area (Å²) >= 11 is 0. The fourth-order valence-electron chi connectivity index (χ4n) is 2.72. The Balaban J connectivity index is 2.04. The molecule has 0 aromatic carbocycles. The number of hydrogen-bond donors (Lipinski definition) is 5. The van der Waals surface area contributed by atoms with Gasteiger partial charge in [0, 0.05) is 58.9 Å². The van der Waals surface area contributed by atoms with Crippen LogP contribution in [0, 0.1) is 6.42 Å². The van der Waals surface area contributed by atoms with Gasteiger partial charge in [-0.15, -0.1) is 0 Å². The van der Waals surface area contributed by atoms with Gasteiger partial charge in [0.05, 0.1) is 13.2 Å². The predicted molar refractivity (Wildman–Crippen MR) is 112 cm³/mol. The molecule has 0 aliphatic carbocycles. The zero-order valence-corrected chi connectivity index (χ0v) is 16.7. The maximum absolute atomic E-state index is 5.59. The quantitative estimate of drug-likeness (QED) is 0.405. The standard InChI is InChI=1S/C20H42N5O/c1-2-4-6-8-19-26-20-18-25-17-16-24-15-14-23-13-12-22-11-10-21-9-7-5-3-1/h2,6,8,21-25H,1,3-5,7,9-20H2. The van der Waals surface area contributed by atoms with Crippen molar-refractivity contribution < 1.29 is 4.74 Å². The molecule has 26 heavy (non-hydrogen) atoms. The molecule has 0 amide bonds. The lowest BCUT2D eigenvalue weighted by molar-refractivity contribution is 0.164. The van der Waals surface area contributed by atoms with Crippen LogP contribution in [0.15, 0.2) is 12.2 Å². The first-order valence-electron chi connectivity index (χ1n) is 10.6. The minimum atomic E-state index is 0.722. The van der Waals surface area contributed by atoms with Crippen LogP contribution in [0.3, 0.4) is 0 Å². The van der Waals surface area contributed by atoms with Crippen molar-refractivity contribution in [3.8, 4) is 0 Å². The summed E-state index contributed by atoms with van der Waals surface area (Å²) in [7, 11) is 0. The van der Waals surface area contributed by atoms with E-state index in [-0.39, 0.29) is 0 Å². The van der Waals surface area contributed by atoms with Gasteiger partial charge in [-0.1, -0.05) is 25.0 Å². The van der Waals surface area contributed by atoms with Crippen molar-refractivity contribution in [2.45, 2.75) is 32.1 Å². The summed E-state index contributed by atoms with van der Waals surface area (Å²) in [6, 6.07) is 0. The maximum Gasteiger partial charge on any atom is 0.0648 e. The maximum atomic E-state index is 5.59. The molecule has 1 radical (unpaired) electrons. The van der Waals surface area contributed by atoms with E-state index in [2.05, 4.69) is 45.2 Å². The van der Waals surface area contributed by atoms with E-state index in [9.17, 15) is 0 Å². The number of rotatable bonds is 0. The molecule has 6 heteroatoms. The van der Waals surface area contributed by atoms with Gasteiger partial charge < -0.3 is 31.3 Å². The Bertz CT molecular complexity index is 274. The van der Waals surface area contributed by atoms with Crippen LogP contribution in [0.25, 0.3) is 0 Å². The minimum absolute atomic E-state index is 0.722. The SMILES string of the molecule is [CH]1CC=CCOCCNCCNCCNCCNCCNCCCCC1. The van der Waals surface area contributed by atoms with Gasteiger partial charge >= 0.3 is 0 Å². The van der Waals surface area contributed by atoms with Crippen molar-refractivity contribution in [1.29, 1.82) is 0 Å². The van der Waals surface area contributed by atoms with E-state index in [0.717, 1.165) is 85.1 Å². The predicted octanol–water partition coefficient (Wildman–Crippen LogP) is 0.676. The van der Waals surface area contributed by atoms with E-state index in [1.807, 2.05) is 0 Å². The van der Waals surface area contributed by atoms with E-state index in [1.165, 1.54) is 25.7 Å². The smallest absolute Gasteiger partial charge is 0.0648 e. The van der Waals surface area contributed by atoms with E-state index >= 15 is 0 Å². The molecule has 6 nitrogen and oxygen atoms in total. The average molecular weight is 369 g/mol. The van der Waals surface area contributed by atoms with E-state index in [1.54, 1.807) is 0 Å². The molecule has 0 aromatic heterocycles. The fraction of sp³-hybridized carbons (Fsp3) is 0.850.